The van der Waals surface area contributed by atoms with Crippen molar-refractivity contribution in [1.82, 2.24) is 15.0 Å². The molecule has 0 spiro atoms. The molecule has 0 saturated carbocycles. The first-order valence-corrected chi connectivity index (χ1v) is 4.32. The molecule has 0 bridgehead atoms. The molecule has 3 heteroatoms. The minimum atomic E-state index is 0.693. The van der Waals surface area contributed by atoms with Gasteiger partial charge in [0.25, 0.3) is 0 Å². The van der Waals surface area contributed by atoms with Gasteiger partial charge < -0.3 is 0 Å². The van der Waals surface area contributed by atoms with E-state index in [2.05, 4.69) is 21.3 Å². The fourth-order valence-electron chi connectivity index (χ4n) is 1.48. The second-order valence-electron chi connectivity index (χ2n) is 3.06. The Morgan fingerprint density at radius 2 is 2.00 bits per heavy atom. The fourth-order valence-corrected chi connectivity index (χ4v) is 1.48. The molecule has 0 amide bonds. The summed E-state index contributed by atoms with van der Waals surface area (Å²) >= 11 is 0. The Bertz CT molecular complexity index is 499. The zero-order chi connectivity index (χ0) is 9.38. The highest BCUT2D eigenvalue weighted by atomic mass is 14.9. The lowest BCUT2D eigenvalue weighted by Gasteiger charge is -1.98. The fraction of sp³-hybridized carbons (Fsp3) is 0. The summed E-state index contributed by atoms with van der Waals surface area (Å²) in [6, 6.07) is 9.98. The van der Waals surface area contributed by atoms with Gasteiger partial charge in [-0.25, -0.2) is 15.0 Å². The molecule has 0 saturated heterocycles. The van der Waals surface area contributed by atoms with E-state index in [-0.39, 0.29) is 0 Å². The van der Waals surface area contributed by atoms with Crippen LogP contribution in [0.25, 0.3) is 21.9 Å². The van der Waals surface area contributed by atoms with E-state index < -0.39 is 0 Å². The Hall–Kier alpha value is -2.03. The van der Waals surface area contributed by atoms with Gasteiger partial charge in [-0.3, -0.25) is 0 Å². The molecular formula is C11H6N3. The second kappa shape index (κ2) is 2.73. The Balaban J connectivity index is 2.52. The first-order valence-electron chi connectivity index (χ1n) is 4.32. The average Bonchev–Trinajstić information content (AvgIpc) is 2.26. The van der Waals surface area contributed by atoms with E-state index in [4.69, 9.17) is 0 Å². The van der Waals surface area contributed by atoms with Crippen LogP contribution < -0.4 is 0 Å². The van der Waals surface area contributed by atoms with Crippen LogP contribution >= 0.6 is 0 Å². The van der Waals surface area contributed by atoms with Crippen molar-refractivity contribution < 1.29 is 0 Å². The predicted octanol–water partition coefficient (Wildman–Crippen LogP) is 1.98. The lowest BCUT2D eigenvalue weighted by molar-refractivity contribution is 1.18. The van der Waals surface area contributed by atoms with Gasteiger partial charge in [0.05, 0.1) is 5.52 Å². The lowest BCUT2D eigenvalue weighted by Crippen LogP contribution is -1.86. The van der Waals surface area contributed by atoms with E-state index in [9.17, 15) is 0 Å². The molecule has 1 radical (unpaired) electrons. The smallest absolute Gasteiger partial charge is 0.199 e. The van der Waals surface area contributed by atoms with Gasteiger partial charge >= 0.3 is 0 Å². The second-order valence-corrected chi connectivity index (χ2v) is 3.06. The number of nitrogens with zero attached hydrogens (tertiary/aromatic N) is 3. The number of benzene rings is 1. The summed E-state index contributed by atoms with van der Waals surface area (Å²) in [5, 5.41) is 2.05. The normalized spacial score (nSPS) is 10.9. The molecule has 3 nitrogen and oxygen atoms in total. The van der Waals surface area contributed by atoms with E-state index in [1.54, 1.807) is 6.20 Å². The summed E-state index contributed by atoms with van der Waals surface area (Å²) in [6.07, 6.45) is 4.26. The molecule has 2 heterocycles. The summed E-state index contributed by atoms with van der Waals surface area (Å²) in [4.78, 5) is 12.2. The van der Waals surface area contributed by atoms with Gasteiger partial charge in [0.1, 0.15) is 0 Å². The molecule has 0 N–H and O–H groups in total. The van der Waals surface area contributed by atoms with E-state index >= 15 is 0 Å². The molecule has 14 heavy (non-hydrogen) atoms. The third-order valence-corrected chi connectivity index (χ3v) is 2.15. The Kier molecular flexibility index (Phi) is 1.44. The summed E-state index contributed by atoms with van der Waals surface area (Å²) in [6.45, 7) is 0. The molecule has 0 aliphatic rings. The van der Waals surface area contributed by atoms with Gasteiger partial charge in [-0.15, -0.1) is 0 Å². The molecular weight excluding hydrogens is 174 g/mol. The number of pyridine rings is 1. The first-order chi connectivity index (χ1) is 6.93. The number of fused-ring (bicyclic) bond motifs is 2. The molecule has 0 unspecified atom stereocenters. The Morgan fingerprint density at radius 3 is 3.00 bits per heavy atom. The topological polar surface area (TPSA) is 38.7 Å². The molecule has 2 aromatic heterocycles. The summed E-state index contributed by atoms with van der Waals surface area (Å²) in [5.74, 6) is 0. The van der Waals surface area contributed by atoms with Crippen LogP contribution in [0.15, 0.2) is 36.5 Å². The largest absolute Gasteiger partial charge is 0.233 e. The van der Waals surface area contributed by atoms with Crippen molar-refractivity contribution in [2.75, 3.05) is 0 Å². The van der Waals surface area contributed by atoms with Gasteiger partial charge in [0.2, 0.25) is 0 Å². The maximum Gasteiger partial charge on any atom is 0.199 e. The molecule has 0 fully saturated rings. The maximum atomic E-state index is 4.40. The van der Waals surface area contributed by atoms with Gasteiger partial charge in [0.15, 0.2) is 12.0 Å². The van der Waals surface area contributed by atoms with Gasteiger partial charge in [0, 0.05) is 17.0 Å². The highest BCUT2D eigenvalue weighted by molar-refractivity contribution is 5.90. The third kappa shape index (κ3) is 1.03. The number of hydrogen-bond donors (Lipinski definition) is 0. The van der Waals surface area contributed by atoms with Crippen molar-refractivity contribution in [2.24, 2.45) is 0 Å². The zero-order valence-corrected chi connectivity index (χ0v) is 7.31. The highest BCUT2D eigenvalue weighted by Crippen LogP contribution is 2.16. The van der Waals surface area contributed by atoms with Crippen LogP contribution in [0.5, 0.6) is 0 Å². The van der Waals surface area contributed by atoms with Gasteiger partial charge in [-0.05, 0) is 12.1 Å². The summed E-state index contributed by atoms with van der Waals surface area (Å²) in [5.41, 5.74) is 1.64. The molecule has 1 aromatic carbocycles. The van der Waals surface area contributed by atoms with E-state index in [0.29, 0.717) is 5.65 Å². The monoisotopic (exact) mass is 180 g/mol. The summed E-state index contributed by atoms with van der Waals surface area (Å²) < 4.78 is 0. The van der Waals surface area contributed by atoms with Crippen LogP contribution in [-0.2, 0) is 0 Å². The molecule has 3 aromatic rings. The van der Waals surface area contributed by atoms with Crippen molar-refractivity contribution in [3.63, 3.8) is 0 Å². The quantitative estimate of drug-likeness (QED) is 0.496. The standard InChI is InChI=1S/C11H6N3/c1-2-4-10-8(3-1)5-9-6-12-7-13-11(9)14-10/h1-6H. The number of para-hydroxylation sites is 1. The van der Waals surface area contributed by atoms with Crippen LogP contribution in [0.3, 0.4) is 0 Å². The lowest BCUT2D eigenvalue weighted by atomic mass is 10.2. The van der Waals surface area contributed by atoms with E-state index in [0.717, 1.165) is 16.3 Å². The number of hydrogen-bond acceptors (Lipinski definition) is 3. The molecule has 0 aliphatic heterocycles. The molecule has 65 valence electrons. The molecule has 3 rings (SSSR count). The number of rotatable bonds is 0. The van der Waals surface area contributed by atoms with Crippen molar-refractivity contribution >= 4 is 21.9 Å². The van der Waals surface area contributed by atoms with Crippen LogP contribution in [0.4, 0.5) is 0 Å². The first kappa shape index (κ1) is 7.38. The highest BCUT2D eigenvalue weighted by Gasteiger charge is 1.98. The SMILES string of the molecule is [c]1ncc2cc3ccccc3nc2n1. The van der Waals surface area contributed by atoms with Crippen molar-refractivity contribution in [2.45, 2.75) is 0 Å². The molecule has 0 aliphatic carbocycles. The van der Waals surface area contributed by atoms with Crippen LogP contribution in [0.2, 0.25) is 0 Å². The van der Waals surface area contributed by atoms with Crippen molar-refractivity contribution in [1.29, 1.82) is 0 Å². The van der Waals surface area contributed by atoms with Crippen molar-refractivity contribution in [3.05, 3.63) is 42.9 Å². The van der Waals surface area contributed by atoms with Gasteiger partial charge in [-0.2, -0.15) is 0 Å². The minimum absolute atomic E-state index is 0.693. The Morgan fingerprint density at radius 1 is 1.07 bits per heavy atom. The summed E-state index contributed by atoms with van der Waals surface area (Å²) in [7, 11) is 0. The average molecular weight is 180 g/mol. The van der Waals surface area contributed by atoms with Crippen LogP contribution in [0, 0.1) is 6.33 Å². The van der Waals surface area contributed by atoms with Crippen LogP contribution in [0.1, 0.15) is 0 Å². The molecule has 0 atom stereocenters. The minimum Gasteiger partial charge on any atom is -0.233 e. The van der Waals surface area contributed by atoms with Crippen molar-refractivity contribution in [3.8, 4) is 0 Å². The van der Waals surface area contributed by atoms with Crippen LogP contribution in [-0.4, -0.2) is 15.0 Å². The van der Waals surface area contributed by atoms with E-state index in [1.807, 2.05) is 30.3 Å². The van der Waals surface area contributed by atoms with Gasteiger partial charge in [-0.1, -0.05) is 18.2 Å². The third-order valence-electron chi connectivity index (χ3n) is 2.15. The zero-order valence-electron chi connectivity index (χ0n) is 7.31. The maximum absolute atomic E-state index is 4.40. The van der Waals surface area contributed by atoms with E-state index in [1.165, 1.54) is 0 Å². The Labute approximate surface area is 80.5 Å². The predicted molar refractivity (Wildman–Crippen MR) is 53.7 cm³/mol. The number of aromatic nitrogens is 3.